The Kier molecular flexibility index (Phi) is 4.53. The fourth-order valence-corrected chi connectivity index (χ4v) is 5.16. The maximum absolute atomic E-state index is 13.5. The summed E-state index contributed by atoms with van der Waals surface area (Å²) in [6, 6.07) is 3.95. The van der Waals surface area contributed by atoms with Gasteiger partial charge in [0.2, 0.25) is 0 Å². The molecule has 0 saturated carbocycles. The highest BCUT2D eigenvalue weighted by Gasteiger charge is 2.37. The predicted molar refractivity (Wildman–Crippen MR) is 105 cm³/mol. The third-order valence-electron chi connectivity index (χ3n) is 6.53. The van der Waals surface area contributed by atoms with E-state index in [4.69, 9.17) is 0 Å². The quantitative estimate of drug-likeness (QED) is 0.783. The summed E-state index contributed by atoms with van der Waals surface area (Å²) in [6.45, 7) is 3.56. The number of carbonyl (C=O) groups excluding carboxylic acids is 1. The lowest BCUT2D eigenvalue weighted by atomic mass is 9.82. The molecule has 2 aromatic heterocycles. The Morgan fingerprint density at radius 1 is 1.24 bits per heavy atom. The van der Waals surface area contributed by atoms with Crippen LogP contribution in [0.5, 0.6) is 0 Å². The number of halogens is 1. The second-order valence-corrected chi connectivity index (χ2v) is 8.73. The standard InChI is InChI=1S/C21H26FN5O2/c1-24-10-17(7-23-24)20(28)26-8-14-6-16(12-26)19-3-2-15(21(29)27(19)9-14)11-25-5-4-18(22)13-25/h2-3,7,10,14,16,18H,4-6,8-9,11-13H2,1H3/t14-,16+,18-/m0/s1. The van der Waals surface area contributed by atoms with E-state index in [2.05, 4.69) is 5.10 Å². The zero-order valence-electron chi connectivity index (χ0n) is 16.6. The van der Waals surface area contributed by atoms with Crippen molar-refractivity contribution in [2.45, 2.75) is 38.0 Å². The SMILES string of the molecule is Cn1cc(C(=O)N2C[C@@H]3C[C@H](C2)c2ccc(CN4CC[C@H](F)C4)c(=O)n2C3)cn1. The molecule has 0 radical (unpaired) electrons. The van der Waals surface area contributed by atoms with E-state index >= 15 is 0 Å². The number of hydrogen-bond acceptors (Lipinski definition) is 4. The average molecular weight is 399 g/mol. The molecule has 3 aliphatic rings. The van der Waals surface area contributed by atoms with Gasteiger partial charge in [-0.2, -0.15) is 5.10 Å². The van der Waals surface area contributed by atoms with Crippen molar-refractivity contribution in [2.75, 3.05) is 26.2 Å². The maximum atomic E-state index is 13.5. The van der Waals surface area contributed by atoms with E-state index in [9.17, 15) is 14.0 Å². The summed E-state index contributed by atoms with van der Waals surface area (Å²) < 4.78 is 17.0. The van der Waals surface area contributed by atoms with Crippen molar-refractivity contribution in [3.63, 3.8) is 0 Å². The third kappa shape index (κ3) is 3.39. The van der Waals surface area contributed by atoms with Crippen LogP contribution in [0.1, 0.15) is 40.4 Å². The zero-order chi connectivity index (χ0) is 20.1. The molecule has 5 rings (SSSR count). The lowest BCUT2D eigenvalue weighted by Crippen LogP contribution is -2.49. The first kappa shape index (κ1) is 18.5. The van der Waals surface area contributed by atoms with Crippen LogP contribution < -0.4 is 5.56 Å². The molecule has 5 heterocycles. The highest BCUT2D eigenvalue weighted by atomic mass is 19.1. The van der Waals surface area contributed by atoms with Gasteiger partial charge in [0.25, 0.3) is 11.5 Å². The Labute approximate surface area is 168 Å². The number of likely N-dealkylation sites (tertiary alicyclic amines) is 2. The molecule has 0 aliphatic carbocycles. The molecule has 2 saturated heterocycles. The summed E-state index contributed by atoms with van der Waals surface area (Å²) in [5, 5.41) is 4.10. The highest BCUT2D eigenvalue weighted by molar-refractivity contribution is 5.93. The molecule has 2 fully saturated rings. The van der Waals surface area contributed by atoms with Crippen LogP contribution in [-0.2, 0) is 20.1 Å². The first-order valence-corrected chi connectivity index (χ1v) is 10.3. The Hall–Kier alpha value is -2.48. The van der Waals surface area contributed by atoms with E-state index in [1.54, 1.807) is 24.1 Å². The van der Waals surface area contributed by atoms with Crippen LogP contribution in [0.2, 0.25) is 0 Å². The first-order valence-electron chi connectivity index (χ1n) is 10.3. The van der Waals surface area contributed by atoms with Crippen molar-refractivity contribution in [1.29, 1.82) is 0 Å². The number of aromatic nitrogens is 3. The van der Waals surface area contributed by atoms with Gasteiger partial charge in [-0.25, -0.2) is 4.39 Å². The number of fused-ring (bicyclic) bond motifs is 4. The number of hydrogen-bond donors (Lipinski definition) is 0. The molecule has 3 atom stereocenters. The fourth-order valence-electron chi connectivity index (χ4n) is 5.16. The molecular weight excluding hydrogens is 373 g/mol. The van der Waals surface area contributed by atoms with Gasteiger partial charge in [-0.1, -0.05) is 6.07 Å². The number of amides is 1. The second kappa shape index (κ2) is 7.09. The van der Waals surface area contributed by atoms with Crippen molar-refractivity contribution in [3.05, 3.63) is 51.7 Å². The van der Waals surface area contributed by atoms with Crippen LogP contribution in [0.4, 0.5) is 4.39 Å². The first-order chi connectivity index (χ1) is 14.0. The van der Waals surface area contributed by atoms with Crippen LogP contribution in [0.15, 0.2) is 29.3 Å². The average Bonchev–Trinajstić information content (AvgIpc) is 3.32. The van der Waals surface area contributed by atoms with E-state index in [1.807, 2.05) is 26.5 Å². The lowest BCUT2D eigenvalue weighted by Gasteiger charge is -2.42. The molecule has 2 bridgehead atoms. The van der Waals surface area contributed by atoms with Gasteiger partial charge < -0.3 is 9.47 Å². The van der Waals surface area contributed by atoms with Gasteiger partial charge in [-0.05, 0) is 24.8 Å². The summed E-state index contributed by atoms with van der Waals surface area (Å²) in [6.07, 6.45) is 4.14. The van der Waals surface area contributed by atoms with Crippen LogP contribution in [0.3, 0.4) is 0 Å². The fraction of sp³-hybridized carbons (Fsp3) is 0.571. The number of piperidine rings is 1. The number of alkyl halides is 1. The monoisotopic (exact) mass is 399 g/mol. The third-order valence-corrected chi connectivity index (χ3v) is 6.53. The Bertz CT molecular complexity index is 999. The summed E-state index contributed by atoms with van der Waals surface area (Å²) in [5.41, 5.74) is 2.41. The largest absolute Gasteiger partial charge is 0.338 e. The number of aryl methyl sites for hydroxylation is 1. The maximum Gasteiger partial charge on any atom is 0.257 e. The Balaban J connectivity index is 1.37. The lowest BCUT2D eigenvalue weighted by molar-refractivity contribution is 0.0594. The number of pyridine rings is 1. The van der Waals surface area contributed by atoms with Gasteiger partial charge in [-0.15, -0.1) is 0 Å². The summed E-state index contributed by atoms with van der Waals surface area (Å²) in [4.78, 5) is 29.9. The van der Waals surface area contributed by atoms with Gasteiger partial charge in [0.05, 0.1) is 11.8 Å². The van der Waals surface area contributed by atoms with E-state index in [0.717, 1.165) is 17.7 Å². The summed E-state index contributed by atoms with van der Waals surface area (Å²) >= 11 is 0. The van der Waals surface area contributed by atoms with Crippen LogP contribution in [-0.4, -0.2) is 62.4 Å². The molecule has 1 amide bonds. The molecule has 0 N–H and O–H groups in total. The van der Waals surface area contributed by atoms with Crippen molar-refractivity contribution in [3.8, 4) is 0 Å². The molecule has 154 valence electrons. The van der Waals surface area contributed by atoms with Crippen molar-refractivity contribution >= 4 is 5.91 Å². The molecule has 3 aliphatic heterocycles. The van der Waals surface area contributed by atoms with Gasteiger partial charge in [0, 0.05) is 69.7 Å². The Morgan fingerprint density at radius 2 is 2.10 bits per heavy atom. The van der Waals surface area contributed by atoms with E-state index in [-0.39, 0.29) is 23.3 Å². The Morgan fingerprint density at radius 3 is 2.83 bits per heavy atom. The minimum atomic E-state index is -0.780. The van der Waals surface area contributed by atoms with Gasteiger partial charge in [0.1, 0.15) is 6.17 Å². The van der Waals surface area contributed by atoms with E-state index < -0.39 is 6.17 Å². The molecule has 7 nitrogen and oxygen atoms in total. The second-order valence-electron chi connectivity index (χ2n) is 8.73. The zero-order valence-corrected chi connectivity index (χ0v) is 16.6. The molecular formula is C21H26FN5O2. The summed E-state index contributed by atoms with van der Waals surface area (Å²) in [7, 11) is 1.80. The predicted octanol–water partition coefficient (Wildman–Crippen LogP) is 1.39. The van der Waals surface area contributed by atoms with Gasteiger partial charge in [-0.3, -0.25) is 19.2 Å². The van der Waals surface area contributed by atoms with Crippen LogP contribution in [0.25, 0.3) is 0 Å². The molecule has 29 heavy (non-hydrogen) atoms. The van der Waals surface area contributed by atoms with Gasteiger partial charge >= 0.3 is 0 Å². The van der Waals surface area contributed by atoms with Crippen LogP contribution in [0, 0.1) is 5.92 Å². The van der Waals surface area contributed by atoms with E-state index in [0.29, 0.717) is 51.3 Å². The van der Waals surface area contributed by atoms with Crippen molar-refractivity contribution in [2.24, 2.45) is 13.0 Å². The number of carbonyl (C=O) groups is 1. The normalized spacial score (nSPS) is 26.6. The smallest absolute Gasteiger partial charge is 0.257 e. The topological polar surface area (TPSA) is 63.4 Å². The summed E-state index contributed by atoms with van der Waals surface area (Å²) in [5.74, 6) is 0.457. The van der Waals surface area contributed by atoms with Crippen LogP contribution >= 0.6 is 0 Å². The number of rotatable bonds is 3. The minimum absolute atomic E-state index is 0.00928. The van der Waals surface area contributed by atoms with E-state index in [1.165, 1.54) is 0 Å². The molecule has 2 aromatic rings. The molecule has 0 spiro atoms. The van der Waals surface area contributed by atoms with Gasteiger partial charge in [0.15, 0.2) is 0 Å². The number of nitrogens with zero attached hydrogens (tertiary/aromatic N) is 5. The molecule has 8 heteroatoms. The van der Waals surface area contributed by atoms with Crippen molar-refractivity contribution in [1.82, 2.24) is 24.1 Å². The minimum Gasteiger partial charge on any atom is -0.338 e. The molecule has 0 aromatic carbocycles. The van der Waals surface area contributed by atoms with Crippen molar-refractivity contribution < 1.29 is 9.18 Å². The molecule has 0 unspecified atom stereocenters. The highest BCUT2D eigenvalue weighted by Crippen LogP contribution is 2.35.